The van der Waals surface area contributed by atoms with Crippen molar-refractivity contribution in [2.24, 2.45) is 0 Å². The minimum atomic E-state index is -0.357. The van der Waals surface area contributed by atoms with Crippen molar-refractivity contribution >= 4 is 22.6 Å². The molecule has 0 unspecified atom stereocenters. The van der Waals surface area contributed by atoms with Gasteiger partial charge in [-0.3, -0.25) is 0 Å². The number of benzene rings is 3. The summed E-state index contributed by atoms with van der Waals surface area (Å²) < 4.78 is 22.2. The number of hydrogen-bond donors (Lipinski definition) is 0. The van der Waals surface area contributed by atoms with Gasteiger partial charge in [0.2, 0.25) is 5.95 Å². The van der Waals surface area contributed by atoms with Crippen molar-refractivity contribution in [3.8, 4) is 11.8 Å². The molecule has 34 heavy (non-hydrogen) atoms. The minimum Gasteiger partial charge on any atom is -0.488 e. The number of allylic oxidation sites excluding steroid dienone is 1. The van der Waals surface area contributed by atoms with Gasteiger partial charge in [-0.05, 0) is 60.4 Å². The van der Waals surface area contributed by atoms with Gasteiger partial charge in [0.1, 0.15) is 18.2 Å². The molecule has 0 aliphatic carbocycles. The normalized spacial score (nSPS) is 16.1. The Labute approximate surface area is 197 Å². The lowest BCUT2D eigenvalue weighted by Crippen LogP contribution is -2.39. The van der Waals surface area contributed by atoms with E-state index in [9.17, 15) is 9.65 Å². The number of fused-ring (bicyclic) bond motifs is 3. The molecule has 5 nitrogen and oxygen atoms in total. The predicted octanol–water partition coefficient (Wildman–Crippen LogP) is 5.67. The van der Waals surface area contributed by atoms with Crippen LogP contribution in [0.5, 0.6) is 5.75 Å². The highest BCUT2D eigenvalue weighted by atomic mass is 19.1. The van der Waals surface area contributed by atoms with Gasteiger partial charge in [0.05, 0.1) is 23.6 Å². The molecular weight excluding hydrogens is 427 g/mol. The molecule has 0 bridgehead atoms. The standard InChI is InChI=1S/C28H23FN4O/c1-18(15-30)27-22-9-7-19(13-20(22)17-34-26-14-21(29)8-10-23(26)27)16-33-25-6-3-2-5-24(25)31-28(33)32-11-4-12-32/h2-3,5-10,13-14H,4,11-12,16-17H2,1H3/b27-18+. The van der Waals surface area contributed by atoms with Crippen LogP contribution in [0.2, 0.25) is 0 Å². The molecule has 0 amide bonds. The second kappa shape index (κ2) is 8.03. The topological polar surface area (TPSA) is 54.1 Å². The number of imidazole rings is 1. The van der Waals surface area contributed by atoms with Crippen LogP contribution in [0.3, 0.4) is 0 Å². The van der Waals surface area contributed by atoms with Gasteiger partial charge in [-0.1, -0.05) is 24.3 Å². The monoisotopic (exact) mass is 450 g/mol. The maximum absolute atomic E-state index is 13.9. The molecule has 4 aromatic rings. The third kappa shape index (κ3) is 3.32. The lowest BCUT2D eigenvalue weighted by atomic mass is 9.90. The summed E-state index contributed by atoms with van der Waals surface area (Å²) in [5.41, 5.74) is 7.28. The Bertz CT molecular complexity index is 1510. The molecule has 0 saturated carbocycles. The van der Waals surface area contributed by atoms with Gasteiger partial charge in [-0.2, -0.15) is 5.26 Å². The largest absolute Gasteiger partial charge is 0.488 e. The Morgan fingerprint density at radius 1 is 1.09 bits per heavy atom. The van der Waals surface area contributed by atoms with E-state index in [1.807, 2.05) is 12.1 Å². The van der Waals surface area contributed by atoms with Gasteiger partial charge >= 0.3 is 0 Å². The van der Waals surface area contributed by atoms with E-state index in [0.717, 1.165) is 57.9 Å². The number of halogens is 1. The van der Waals surface area contributed by atoms with Crippen molar-refractivity contribution in [1.29, 1.82) is 5.26 Å². The third-order valence-corrected chi connectivity index (χ3v) is 6.69. The zero-order valence-electron chi connectivity index (χ0n) is 18.9. The highest BCUT2D eigenvalue weighted by molar-refractivity contribution is 5.88. The number of hydrogen-bond acceptors (Lipinski definition) is 4. The molecule has 1 saturated heterocycles. The second-order valence-electron chi connectivity index (χ2n) is 8.86. The van der Waals surface area contributed by atoms with Crippen LogP contribution < -0.4 is 9.64 Å². The molecule has 6 rings (SSSR count). The van der Waals surface area contributed by atoms with Gasteiger partial charge < -0.3 is 14.2 Å². The number of nitrogens with zero attached hydrogens (tertiary/aromatic N) is 4. The van der Waals surface area contributed by atoms with E-state index in [4.69, 9.17) is 9.72 Å². The minimum absolute atomic E-state index is 0.311. The van der Waals surface area contributed by atoms with E-state index in [2.05, 4.69) is 45.9 Å². The average molecular weight is 451 g/mol. The average Bonchev–Trinajstić information content (AvgIpc) is 3.07. The van der Waals surface area contributed by atoms with Crippen molar-refractivity contribution in [2.75, 3.05) is 18.0 Å². The summed E-state index contributed by atoms with van der Waals surface area (Å²) in [5.74, 6) is 1.11. The van der Waals surface area contributed by atoms with Gasteiger partial charge in [0.15, 0.2) is 0 Å². The summed E-state index contributed by atoms with van der Waals surface area (Å²) in [5, 5.41) is 9.68. The van der Waals surface area contributed by atoms with Gasteiger partial charge in [0.25, 0.3) is 0 Å². The summed E-state index contributed by atoms with van der Waals surface area (Å²) in [4.78, 5) is 7.21. The zero-order chi connectivity index (χ0) is 23.2. The Kier molecular flexibility index (Phi) is 4.84. The molecule has 168 valence electrons. The fourth-order valence-electron chi connectivity index (χ4n) is 4.85. The van der Waals surface area contributed by atoms with E-state index in [0.29, 0.717) is 24.5 Å². The lowest BCUT2D eigenvalue weighted by molar-refractivity contribution is 0.305. The fourth-order valence-corrected chi connectivity index (χ4v) is 4.85. The first-order valence-corrected chi connectivity index (χ1v) is 11.5. The summed E-state index contributed by atoms with van der Waals surface area (Å²) >= 11 is 0. The molecule has 0 atom stereocenters. The Morgan fingerprint density at radius 2 is 1.91 bits per heavy atom. The number of ether oxygens (including phenoxy) is 1. The molecule has 1 fully saturated rings. The van der Waals surface area contributed by atoms with Gasteiger partial charge in [-0.15, -0.1) is 0 Å². The van der Waals surface area contributed by atoms with E-state index >= 15 is 0 Å². The molecule has 1 aromatic heterocycles. The first-order valence-electron chi connectivity index (χ1n) is 11.5. The Balaban J connectivity index is 1.44. The number of aromatic nitrogens is 2. The van der Waals surface area contributed by atoms with Crippen LogP contribution in [0.25, 0.3) is 16.6 Å². The van der Waals surface area contributed by atoms with Crippen LogP contribution >= 0.6 is 0 Å². The summed E-state index contributed by atoms with van der Waals surface area (Å²) in [6, 6.07) is 21.3. The quantitative estimate of drug-likeness (QED) is 0.377. The number of para-hydroxylation sites is 2. The first-order chi connectivity index (χ1) is 16.6. The Hall–Kier alpha value is -4.11. The maximum Gasteiger partial charge on any atom is 0.206 e. The molecule has 2 aliphatic heterocycles. The number of anilines is 1. The van der Waals surface area contributed by atoms with E-state index in [1.165, 1.54) is 18.6 Å². The summed E-state index contributed by atoms with van der Waals surface area (Å²) in [6.07, 6.45) is 1.19. The first kappa shape index (κ1) is 20.5. The smallest absolute Gasteiger partial charge is 0.206 e. The van der Waals surface area contributed by atoms with Crippen molar-refractivity contribution < 1.29 is 9.13 Å². The highest BCUT2D eigenvalue weighted by Crippen LogP contribution is 2.39. The van der Waals surface area contributed by atoms with E-state index in [1.54, 1.807) is 13.0 Å². The van der Waals surface area contributed by atoms with Crippen molar-refractivity contribution in [3.05, 3.63) is 94.3 Å². The lowest BCUT2D eigenvalue weighted by Gasteiger charge is -2.32. The Morgan fingerprint density at radius 3 is 2.71 bits per heavy atom. The highest BCUT2D eigenvalue weighted by Gasteiger charge is 2.24. The van der Waals surface area contributed by atoms with Crippen LogP contribution in [0.15, 0.2) is 66.2 Å². The van der Waals surface area contributed by atoms with Gasteiger partial charge in [0, 0.05) is 35.9 Å². The summed E-state index contributed by atoms with van der Waals surface area (Å²) in [7, 11) is 0. The molecule has 0 radical (unpaired) electrons. The van der Waals surface area contributed by atoms with Crippen LogP contribution in [0.4, 0.5) is 10.3 Å². The number of rotatable bonds is 3. The summed E-state index contributed by atoms with van der Waals surface area (Å²) in [6.45, 7) is 4.83. The second-order valence-corrected chi connectivity index (χ2v) is 8.86. The van der Waals surface area contributed by atoms with Gasteiger partial charge in [-0.25, -0.2) is 9.37 Å². The predicted molar refractivity (Wildman–Crippen MR) is 130 cm³/mol. The fraction of sp³-hybridized carbons (Fsp3) is 0.214. The van der Waals surface area contributed by atoms with Crippen molar-refractivity contribution in [1.82, 2.24) is 9.55 Å². The third-order valence-electron chi connectivity index (χ3n) is 6.69. The van der Waals surface area contributed by atoms with Crippen LogP contribution in [0, 0.1) is 17.1 Å². The zero-order valence-corrected chi connectivity index (χ0v) is 18.9. The molecular formula is C28H23FN4O. The molecule has 2 aliphatic rings. The van der Waals surface area contributed by atoms with Crippen molar-refractivity contribution in [3.63, 3.8) is 0 Å². The van der Waals surface area contributed by atoms with Crippen LogP contribution in [-0.4, -0.2) is 22.6 Å². The SMILES string of the molecule is C/C(C#N)=C1/c2ccc(Cn3c(N4CCC4)nc4ccccc43)cc2COc2cc(F)ccc21. The van der Waals surface area contributed by atoms with E-state index < -0.39 is 0 Å². The molecule has 3 heterocycles. The maximum atomic E-state index is 13.9. The number of nitriles is 1. The molecule has 0 N–H and O–H groups in total. The van der Waals surface area contributed by atoms with Crippen LogP contribution in [-0.2, 0) is 13.2 Å². The van der Waals surface area contributed by atoms with E-state index in [-0.39, 0.29) is 5.82 Å². The molecule has 3 aromatic carbocycles. The molecule has 0 spiro atoms. The van der Waals surface area contributed by atoms with Crippen LogP contribution in [0.1, 0.15) is 35.6 Å². The molecule has 6 heteroatoms. The van der Waals surface area contributed by atoms with Crippen molar-refractivity contribution in [2.45, 2.75) is 26.5 Å².